The van der Waals surface area contributed by atoms with Crippen molar-refractivity contribution in [2.75, 3.05) is 43.1 Å². The van der Waals surface area contributed by atoms with E-state index in [4.69, 9.17) is 0 Å². The molecule has 0 bridgehead atoms. The van der Waals surface area contributed by atoms with Crippen LogP contribution in [0.2, 0.25) is 0 Å². The number of guanidine groups is 1. The summed E-state index contributed by atoms with van der Waals surface area (Å²) in [4.78, 5) is 6.75. The van der Waals surface area contributed by atoms with Gasteiger partial charge in [-0.25, -0.2) is 0 Å². The van der Waals surface area contributed by atoms with Gasteiger partial charge in [0.15, 0.2) is 5.96 Å². The van der Waals surface area contributed by atoms with Gasteiger partial charge in [0.05, 0.1) is 0 Å². The topological polar surface area (TPSA) is 39.7 Å². The highest BCUT2D eigenvalue weighted by Crippen LogP contribution is 2.27. The largest absolute Gasteiger partial charge is 0.370 e. The minimum Gasteiger partial charge on any atom is -0.370 e. The average Bonchev–Trinajstić information content (AvgIpc) is 3.41. The van der Waals surface area contributed by atoms with Crippen molar-refractivity contribution in [3.63, 3.8) is 0 Å². The van der Waals surface area contributed by atoms with E-state index in [0.29, 0.717) is 0 Å². The zero-order valence-electron chi connectivity index (χ0n) is 13.3. The van der Waals surface area contributed by atoms with Crippen molar-refractivity contribution in [3.05, 3.63) is 29.8 Å². The lowest BCUT2D eigenvalue weighted by molar-refractivity contribution is 0.737. The summed E-state index contributed by atoms with van der Waals surface area (Å²) in [6.45, 7) is 4.20. The van der Waals surface area contributed by atoms with Crippen LogP contribution in [-0.2, 0) is 6.54 Å². The number of thioether (sulfide) groups is 1. The predicted octanol–water partition coefficient (Wildman–Crippen LogP) is 2.31. The van der Waals surface area contributed by atoms with E-state index in [1.54, 1.807) is 0 Å². The number of nitrogens with zero attached hydrogens (tertiary/aromatic N) is 2. The fourth-order valence-corrected chi connectivity index (χ4v) is 3.52. The fraction of sp³-hybridized carbons (Fsp3) is 0.588. The van der Waals surface area contributed by atoms with Crippen LogP contribution in [0.4, 0.5) is 5.69 Å². The minimum absolute atomic E-state index is 0.820. The summed E-state index contributed by atoms with van der Waals surface area (Å²) >= 11 is 2.05. The molecule has 0 radical (unpaired) electrons. The highest BCUT2D eigenvalue weighted by Gasteiger charge is 2.21. The number of hydrogen-bond acceptors (Lipinski definition) is 3. The fourth-order valence-electron chi connectivity index (χ4n) is 2.62. The molecule has 0 unspecified atom stereocenters. The van der Waals surface area contributed by atoms with Crippen molar-refractivity contribution in [2.24, 2.45) is 10.9 Å². The van der Waals surface area contributed by atoms with E-state index in [0.717, 1.165) is 25.0 Å². The first-order valence-electron chi connectivity index (χ1n) is 8.21. The van der Waals surface area contributed by atoms with Crippen LogP contribution in [0.5, 0.6) is 0 Å². The van der Waals surface area contributed by atoms with Gasteiger partial charge < -0.3 is 15.5 Å². The molecule has 1 aliphatic carbocycles. The lowest BCUT2D eigenvalue weighted by atomic mass is 10.2. The zero-order chi connectivity index (χ0) is 15.2. The summed E-state index contributed by atoms with van der Waals surface area (Å²) in [6, 6.07) is 8.93. The third-order valence-corrected chi connectivity index (χ3v) is 5.19. The summed E-state index contributed by atoms with van der Waals surface area (Å²) in [7, 11) is 1.83. The van der Waals surface area contributed by atoms with Gasteiger partial charge in [-0.15, -0.1) is 0 Å². The summed E-state index contributed by atoms with van der Waals surface area (Å²) in [6.07, 6.45) is 2.72. The molecule has 1 saturated carbocycles. The van der Waals surface area contributed by atoms with Gasteiger partial charge in [-0.2, -0.15) is 11.8 Å². The Hall–Kier alpha value is -1.36. The third-order valence-electron chi connectivity index (χ3n) is 4.25. The van der Waals surface area contributed by atoms with Crippen molar-refractivity contribution in [3.8, 4) is 0 Å². The number of nitrogens with one attached hydrogen (secondary N) is 2. The van der Waals surface area contributed by atoms with Crippen molar-refractivity contribution < 1.29 is 0 Å². The van der Waals surface area contributed by atoms with Crippen LogP contribution in [-0.4, -0.2) is 44.1 Å². The first-order valence-corrected chi connectivity index (χ1v) is 9.37. The maximum atomic E-state index is 4.28. The van der Waals surface area contributed by atoms with Crippen LogP contribution in [0.25, 0.3) is 0 Å². The molecule has 1 aliphatic heterocycles. The molecular weight excluding hydrogens is 292 g/mol. The second kappa shape index (κ2) is 7.77. The van der Waals surface area contributed by atoms with E-state index in [2.05, 4.69) is 44.8 Å². The molecule has 2 aliphatic rings. The Morgan fingerprint density at radius 2 is 1.91 bits per heavy atom. The molecule has 0 aromatic heterocycles. The molecule has 0 spiro atoms. The number of anilines is 1. The number of rotatable bonds is 5. The Morgan fingerprint density at radius 1 is 1.18 bits per heavy atom. The maximum Gasteiger partial charge on any atom is 0.191 e. The minimum atomic E-state index is 0.820. The molecule has 22 heavy (non-hydrogen) atoms. The third kappa shape index (κ3) is 4.57. The van der Waals surface area contributed by atoms with Gasteiger partial charge in [0, 0.05) is 50.4 Å². The summed E-state index contributed by atoms with van der Waals surface area (Å²) in [5, 5.41) is 6.78. The van der Waals surface area contributed by atoms with E-state index in [9.17, 15) is 0 Å². The van der Waals surface area contributed by atoms with Crippen LogP contribution in [0.1, 0.15) is 18.4 Å². The lowest BCUT2D eigenvalue weighted by Gasteiger charge is -2.28. The van der Waals surface area contributed by atoms with Crippen molar-refractivity contribution >= 4 is 23.4 Å². The molecule has 2 N–H and O–H groups in total. The van der Waals surface area contributed by atoms with E-state index >= 15 is 0 Å². The standard InChI is InChI=1S/C17H26N4S/c1-18-17(19-12-14-2-3-14)20-13-15-4-6-16(7-5-15)21-8-10-22-11-9-21/h4-7,14H,2-3,8-13H2,1H3,(H2,18,19,20). The first-order chi connectivity index (χ1) is 10.8. The van der Waals surface area contributed by atoms with Gasteiger partial charge in [-0.3, -0.25) is 4.99 Å². The summed E-state index contributed by atoms with van der Waals surface area (Å²) < 4.78 is 0. The monoisotopic (exact) mass is 318 g/mol. The SMILES string of the molecule is CN=C(NCc1ccc(N2CCSCC2)cc1)NCC1CC1. The Morgan fingerprint density at radius 3 is 2.55 bits per heavy atom. The van der Waals surface area contributed by atoms with E-state index in [-0.39, 0.29) is 0 Å². The highest BCUT2D eigenvalue weighted by molar-refractivity contribution is 7.99. The average molecular weight is 318 g/mol. The van der Waals surface area contributed by atoms with Crippen LogP contribution in [0, 0.1) is 5.92 Å². The molecule has 2 fully saturated rings. The predicted molar refractivity (Wildman–Crippen MR) is 96.9 cm³/mol. The van der Waals surface area contributed by atoms with E-state index in [1.165, 1.54) is 48.7 Å². The zero-order valence-corrected chi connectivity index (χ0v) is 14.2. The number of hydrogen-bond donors (Lipinski definition) is 2. The Labute approximate surface area is 137 Å². The smallest absolute Gasteiger partial charge is 0.191 e. The van der Waals surface area contributed by atoms with E-state index in [1.807, 2.05) is 18.8 Å². The van der Waals surface area contributed by atoms with Gasteiger partial charge in [0.1, 0.15) is 0 Å². The second-order valence-corrected chi connectivity index (χ2v) is 7.24. The molecule has 4 nitrogen and oxygen atoms in total. The molecule has 0 atom stereocenters. The van der Waals surface area contributed by atoms with Crippen LogP contribution >= 0.6 is 11.8 Å². The Balaban J connectivity index is 1.47. The van der Waals surface area contributed by atoms with E-state index < -0.39 is 0 Å². The summed E-state index contributed by atoms with van der Waals surface area (Å²) in [5.41, 5.74) is 2.64. The quantitative estimate of drug-likeness (QED) is 0.646. The molecule has 1 heterocycles. The van der Waals surface area contributed by atoms with Crippen molar-refractivity contribution in [1.82, 2.24) is 10.6 Å². The lowest BCUT2D eigenvalue weighted by Crippen LogP contribution is -2.37. The van der Waals surface area contributed by atoms with Crippen LogP contribution in [0.3, 0.4) is 0 Å². The highest BCUT2D eigenvalue weighted by atomic mass is 32.2. The van der Waals surface area contributed by atoms with Gasteiger partial charge in [0.25, 0.3) is 0 Å². The first kappa shape index (κ1) is 15.5. The maximum absolute atomic E-state index is 4.28. The Bertz CT molecular complexity index is 490. The van der Waals surface area contributed by atoms with Gasteiger partial charge in [-0.05, 0) is 36.5 Å². The van der Waals surface area contributed by atoms with Gasteiger partial charge in [0.2, 0.25) is 0 Å². The van der Waals surface area contributed by atoms with Crippen molar-refractivity contribution in [2.45, 2.75) is 19.4 Å². The van der Waals surface area contributed by atoms with Crippen LogP contribution in [0.15, 0.2) is 29.3 Å². The number of benzene rings is 1. The molecule has 5 heteroatoms. The van der Waals surface area contributed by atoms with Crippen molar-refractivity contribution in [1.29, 1.82) is 0 Å². The molecule has 3 rings (SSSR count). The molecule has 1 saturated heterocycles. The molecule has 1 aromatic carbocycles. The normalized spacial score (nSPS) is 19.1. The number of aliphatic imine (C=N–C) groups is 1. The molecule has 0 amide bonds. The van der Waals surface area contributed by atoms with Gasteiger partial charge in [-0.1, -0.05) is 12.1 Å². The van der Waals surface area contributed by atoms with Crippen LogP contribution < -0.4 is 15.5 Å². The summed E-state index contributed by atoms with van der Waals surface area (Å²) in [5.74, 6) is 4.25. The second-order valence-electron chi connectivity index (χ2n) is 6.02. The Kier molecular flexibility index (Phi) is 5.48. The van der Waals surface area contributed by atoms with Gasteiger partial charge >= 0.3 is 0 Å². The molecule has 120 valence electrons. The molecule has 1 aromatic rings. The molecular formula is C17H26N4S.